The molecule has 2 N–H and O–H groups in total. The van der Waals surface area contributed by atoms with Gasteiger partial charge in [0.25, 0.3) is 17.7 Å². The van der Waals surface area contributed by atoms with Crippen molar-refractivity contribution in [3.63, 3.8) is 0 Å². The molecule has 4 rings (SSSR count). The molecule has 1 aliphatic rings. The normalized spacial score (nSPS) is 14.6. The van der Waals surface area contributed by atoms with Crippen molar-refractivity contribution in [2.24, 2.45) is 0 Å². The van der Waals surface area contributed by atoms with Crippen molar-refractivity contribution in [3.05, 3.63) is 94.0 Å². The molecular formula is C27H22ClN3O5. The Hall–Kier alpha value is -4.43. The number of nitrogens with one attached hydrogen (secondary N) is 2. The van der Waals surface area contributed by atoms with Crippen molar-refractivity contribution < 1.29 is 23.9 Å². The fourth-order valence-corrected chi connectivity index (χ4v) is 3.60. The van der Waals surface area contributed by atoms with Crippen LogP contribution in [0, 0.1) is 13.8 Å². The Morgan fingerprint density at radius 1 is 0.972 bits per heavy atom. The van der Waals surface area contributed by atoms with E-state index in [4.69, 9.17) is 16.3 Å². The fraction of sp³-hybridized carbons (Fsp3) is 0.111. The van der Waals surface area contributed by atoms with E-state index in [9.17, 15) is 19.2 Å². The largest absolute Gasteiger partial charge is 0.484 e. The van der Waals surface area contributed by atoms with Crippen LogP contribution in [0.4, 0.5) is 16.2 Å². The predicted octanol–water partition coefficient (Wildman–Crippen LogP) is 4.64. The summed E-state index contributed by atoms with van der Waals surface area (Å²) in [5.41, 5.74) is 3.51. The molecule has 0 bridgehead atoms. The van der Waals surface area contributed by atoms with E-state index < -0.39 is 17.8 Å². The number of rotatable bonds is 6. The molecule has 0 aliphatic carbocycles. The van der Waals surface area contributed by atoms with Crippen LogP contribution in [0.2, 0.25) is 5.02 Å². The zero-order valence-corrected chi connectivity index (χ0v) is 20.3. The molecule has 0 radical (unpaired) electrons. The van der Waals surface area contributed by atoms with Crippen LogP contribution in [0.25, 0.3) is 6.08 Å². The van der Waals surface area contributed by atoms with E-state index in [1.165, 1.54) is 30.3 Å². The maximum Gasteiger partial charge on any atom is 0.335 e. The molecule has 3 aromatic rings. The van der Waals surface area contributed by atoms with Gasteiger partial charge in [-0.15, -0.1) is 0 Å². The SMILES string of the molecule is Cc1ccc(NC(=O)COc2ccc(/C=C3/C(=O)NC(=O)N(c4ccc(Cl)cc4)C3=O)cc2)cc1C. The molecule has 0 unspecified atom stereocenters. The molecular weight excluding hydrogens is 482 g/mol. The van der Waals surface area contributed by atoms with E-state index in [1.54, 1.807) is 24.3 Å². The van der Waals surface area contributed by atoms with Crippen LogP contribution < -0.4 is 20.3 Å². The zero-order chi connectivity index (χ0) is 25.8. The summed E-state index contributed by atoms with van der Waals surface area (Å²) in [5.74, 6) is -1.42. The van der Waals surface area contributed by atoms with Gasteiger partial charge in [-0.1, -0.05) is 29.8 Å². The van der Waals surface area contributed by atoms with Gasteiger partial charge in [0.15, 0.2) is 6.61 Å². The minimum absolute atomic E-state index is 0.188. The lowest BCUT2D eigenvalue weighted by Crippen LogP contribution is -2.54. The molecule has 5 amide bonds. The first kappa shape index (κ1) is 24.7. The number of urea groups is 1. The molecule has 8 nitrogen and oxygen atoms in total. The number of barbiturate groups is 1. The van der Waals surface area contributed by atoms with Crippen LogP contribution in [0.5, 0.6) is 5.75 Å². The number of hydrogen-bond donors (Lipinski definition) is 2. The molecule has 9 heteroatoms. The maximum atomic E-state index is 12.9. The fourth-order valence-electron chi connectivity index (χ4n) is 3.47. The second-order valence-electron chi connectivity index (χ2n) is 8.14. The maximum absolute atomic E-state index is 12.9. The minimum Gasteiger partial charge on any atom is -0.484 e. The van der Waals surface area contributed by atoms with Crippen molar-refractivity contribution >= 4 is 52.8 Å². The van der Waals surface area contributed by atoms with Gasteiger partial charge in [0.05, 0.1) is 5.69 Å². The first-order valence-corrected chi connectivity index (χ1v) is 11.4. The highest BCUT2D eigenvalue weighted by molar-refractivity contribution is 6.39. The van der Waals surface area contributed by atoms with Gasteiger partial charge in [0.1, 0.15) is 11.3 Å². The Morgan fingerprint density at radius 3 is 2.33 bits per heavy atom. The van der Waals surface area contributed by atoms with E-state index in [0.29, 0.717) is 22.0 Å². The van der Waals surface area contributed by atoms with Gasteiger partial charge in [0.2, 0.25) is 0 Å². The summed E-state index contributed by atoms with van der Waals surface area (Å²) >= 11 is 5.88. The van der Waals surface area contributed by atoms with Crippen LogP contribution in [-0.2, 0) is 14.4 Å². The summed E-state index contributed by atoms with van der Waals surface area (Å²) in [4.78, 5) is 50.7. The zero-order valence-electron chi connectivity index (χ0n) is 19.5. The number of nitrogens with zero attached hydrogens (tertiary/aromatic N) is 1. The molecule has 182 valence electrons. The van der Waals surface area contributed by atoms with Crippen LogP contribution in [0.1, 0.15) is 16.7 Å². The van der Waals surface area contributed by atoms with Gasteiger partial charge in [-0.2, -0.15) is 0 Å². The monoisotopic (exact) mass is 503 g/mol. The average Bonchev–Trinajstić information content (AvgIpc) is 2.84. The van der Waals surface area contributed by atoms with Gasteiger partial charge in [-0.05, 0) is 85.1 Å². The summed E-state index contributed by atoms with van der Waals surface area (Å²) < 4.78 is 5.54. The lowest BCUT2D eigenvalue weighted by atomic mass is 10.1. The molecule has 0 saturated carbocycles. The van der Waals surface area contributed by atoms with Crippen LogP contribution in [0.3, 0.4) is 0 Å². The number of imide groups is 2. The number of hydrogen-bond acceptors (Lipinski definition) is 5. The molecule has 0 spiro atoms. The Bertz CT molecular complexity index is 1380. The van der Waals surface area contributed by atoms with E-state index in [1.807, 2.05) is 32.0 Å². The lowest BCUT2D eigenvalue weighted by molar-refractivity contribution is -0.122. The number of carbonyl (C=O) groups excluding carboxylic acids is 4. The number of anilines is 2. The van der Waals surface area contributed by atoms with Crippen LogP contribution >= 0.6 is 11.6 Å². The third kappa shape index (κ3) is 5.61. The highest BCUT2D eigenvalue weighted by Crippen LogP contribution is 2.24. The number of aryl methyl sites for hydroxylation is 2. The Labute approximate surface area is 212 Å². The summed E-state index contributed by atoms with van der Waals surface area (Å²) in [7, 11) is 0. The van der Waals surface area contributed by atoms with Gasteiger partial charge in [-0.25, -0.2) is 9.69 Å². The number of carbonyl (C=O) groups is 4. The van der Waals surface area contributed by atoms with E-state index >= 15 is 0 Å². The molecule has 1 fully saturated rings. The first-order valence-electron chi connectivity index (χ1n) is 11.0. The predicted molar refractivity (Wildman–Crippen MR) is 137 cm³/mol. The molecule has 36 heavy (non-hydrogen) atoms. The summed E-state index contributed by atoms with van der Waals surface area (Å²) in [6.07, 6.45) is 1.38. The van der Waals surface area contributed by atoms with Crippen molar-refractivity contribution in [2.45, 2.75) is 13.8 Å². The third-order valence-corrected chi connectivity index (χ3v) is 5.79. The highest BCUT2D eigenvalue weighted by Gasteiger charge is 2.36. The van der Waals surface area contributed by atoms with Crippen molar-refractivity contribution in [1.29, 1.82) is 0 Å². The molecule has 1 heterocycles. The number of halogens is 1. The third-order valence-electron chi connectivity index (χ3n) is 5.54. The molecule has 3 aromatic carbocycles. The summed E-state index contributed by atoms with van der Waals surface area (Å²) in [6, 6.07) is 17.4. The highest BCUT2D eigenvalue weighted by atomic mass is 35.5. The van der Waals surface area contributed by atoms with Gasteiger partial charge in [0, 0.05) is 10.7 Å². The standard InChI is InChI=1S/C27H22ClN3O5/c1-16-3-8-20(13-17(16)2)29-24(32)15-36-22-11-4-18(5-12-22)14-23-25(33)30-27(35)31(26(23)34)21-9-6-19(28)7-10-21/h3-14H,15H2,1-2H3,(H,29,32)(H,30,33,35)/b23-14-. The molecule has 1 saturated heterocycles. The van der Waals surface area contributed by atoms with Crippen LogP contribution in [-0.4, -0.2) is 30.4 Å². The van der Waals surface area contributed by atoms with Gasteiger partial charge < -0.3 is 10.1 Å². The summed E-state index contributed by atoms with van der Waals surface area (Å²) in [6.45, 7) is 3.78. The number of benzene rings is 3. The van der Waals surface area contributed by atoms with Gasteiger partial charge in [-0.3, -0.25) is 19.7 Å². The average molecular weight is 504 g/mol. The number of amides is 5. The topological polar surface area (TPSA) is 105 Å². The lowest BCUT2D eigenvalue weighted by Gasteiger charge is -2.26. The van der Waals surface area contributed by atoms with Crippen molar-refractivity contribution in [1.82, 2.24) is 5.32 Å². The van der Waals surface area contributed by atoms with Crippen molar-refractivity contribution in [3.8, 4) is 5.75 Å². The van der Waals surface area contributed by atoms with Gasteiger partial charge >= 0.3 is 6.03 Å². The van der Waals surface area contributed by atoms with Crippen LogP contribution in [0.15, 0.2) is 72.3 Å². The molecule has 0 aromatic heterocycles. The van der Waals surface area contributed by atoms with Crippen molar-refractivity contribution in [2.75, 3.05) is 16.8 Å². The first-order chi connectivity index (χ1) is 17.2. The molecule has 1 aliphatic heterocycles. The minimum atomic E-state index is -0.840. The molecule has 0 atom stereocenters. The number of ether oxygens (including phenoxy) is 1. The Morgan fingerprint density at radius 2 is 1.67 bits per heavy atom. The Kier molecular flexibility index (Phi) is 7.17. The van der Waals surface area contributed by atoms with E-state index in [-0.39, 0.29) is 23.8 Å². The Balaban J connectivity index is 1.42. The smallest absolute Gasteiger partial charge is 0.335 e. The second kappa shape index (κ2) is 10.5. The quantitative estimate of drug-likeness (QED) is 0.376. The summed E-state index contributed by atoms with van der Waals surface area (Å²) in [5, 5.41) is 5.40. The van der Waals surface area contributed by atoms with E-state index in [0.717, 1.165) is 16.0 Å². The second-order valence-corrected chi connectivity index (χ2v) is 8.58. The van der Waals surface area contributed by atoms with E-state index in [2.05, 4.69) is 10.6 Å².